The molecule has 0 saturated carbocycles. The summed E-state index contributed by atoms with van der Waals surface area (Å²) >= 11 is 3.57. The first-order valence-electron chi connectivity index (χ1n) is 5.75. The molecule has 0 fully saturated rings. The van der Waals surface area contributed by atoms with Gasteiger partial charge in [-0.2, -0.15) is 0 Å². The van der Waals surface area contributed by atoms with Crippen LogP contribution in [-0.2, 0) is 4.74 Å². The minimum Gasteiger partial charge on any atom is -0.369 e. The number of rotatable bonds is 6. The van der Waals surface area contributed by atoms with Crippen molar-refractivity contribution in [1.29, 1.82) is 0 Å². The summed E-state index contributed by atoms with van der Waals surface area (Å²) in [5.74, 6) is 0. The summed E-state index contributed by atoms with van der Waals surface area (Å²) < 4.78 is 7.04. The zero-order chi connectivity index (χ0) is 12.0. The van der Waals surface area contributed by atoms with Gasteiger partial charge in [0.2, 0.25) is 0 Å². The summed E-state index contributed by atoms with van der Waals surface area (Å²) in [7, 11) is 0. The normalized spacial score (nSPS) is 13.1. The molecule has 1 aromatic rings. The van der Waals surface area contributed by atoms with Gasteiger partial charge in [0, 0.05) is 11.0 Å². The summed E-state index contributed by atoms with van der Waals surface area (Å²) in [4.78, 5) is 0. The smallest absolute Gasteiger partial charge is 0.0963 e. The van der Waals surface area contributed by atoms with Crippen LogP contribution in [0.4, 0.5) is 0 Å². The minimum atomic E-state index is 0.107. The zero-order valence-electron chi connectivity index (χ0n) is 10.2. The van der Waals surface area contributed by atoms with Gasteiger partial charge in [0.25, 0.3) is 0 Å². The molecule has 1 atom stereocenters. The lowest BCUT2D eigenvalue weighted by Gasteiger charge is -2.22. The standard InChI is InChI=1S/C13H20BrNO/c1-4-15-9-13(16-10(2)3)11-7-5-6-8-12(11)14/h5-8,10,13,15H,4,9H2,1-3H3. The van der Waals surface area contributed by atoms with Crippen molar-refractivity contribution in [3.63, 3.8) is 0 Å². The Morgan fingerprint density at radius 2 is 2.00 bits per heavy atom. The van der Waals surface area contributed by atoms with Gasteiger partial charge in [-0.15, -0.1) is 0 Å². The number of hydrogen-bond acceptors (Lipinski definition) is 2. The maximum atomic E-state index is 5.93. The van der Waals surface area contributed by atoms with Gasteiger partial charge in [0.15, 0.2) is 0 Å². The third-order valence-electron chi connectivity index (χ3n) is 2.27. The Hall–Kier alpha value is -0.380. The summed E-state index contributed by atoms with van der Waals surface area (Å²) in [6.07, 6.45) is 0.339. The average molecular weight is 286 g/mol. The highest BCUT2D eigenvalue weighted by Crippen LogP contribution is 2.26. The van der Waals surface area contributed by atoms with E-state index in [0.29, 0.717) is 0 Å². The van der Waals surface area contributed by atoms with E-state index in [0.717, 1.165) is 17.6 Å². The van der Waals surface area contributed by atoms with E-state index in [4.69, 9.17) is 4.74 Å². The molecule has 1 rings (SSSR count). The van der Waals surface area contributed by atoms with Crippen molar-refractivity contribution >= 4 is 15.9 Å². The molecule has 0 heterocycles. The van der Waals surface area contributed by atoms with Gasteiger partial charge >= 0.3 is 0 Å². The van der Waals surface area contributed by atoms with E-state index in [1.54, 1.807) is 0 Å². The van der Waals surface area contributed by atoms with E-state index in [9.17, 15) is 0 Å². The van der Waals surface area contributed by atoms with Crippen molar-refractivity contribution in [3.8, 4) is 0 Å². The Morgan fingerprint density at radius 1 is 1.31 bits per heavy atom. The summed E-state index contributed by atoms with van der Waals surface area (Å²) in [5, 5.41) is 3.33. The molecule has 0 aromatic heterocycles. The number of hydrogen-bond donors (Lipinski definition) is 1. The van der Waals surface area contributed by atoms with Gasteiger partial charge in [-0.1, -0.05) is 41.1 Å². The molecule has 0 aliphatic rings. The largest absolute Gasteiger partial charge is 0.369 e. The first-order chi connectivity index (χ1) is 7.65. The lowest BCUT2D eigenvalue weighted by molar-refractivity contribution is 0.00702. The van der Waals surface area contributed by atoms with E-state index >= 15 is 0 Å². The first kappa shape index (κ1) is 13.7. The van der Waals surface area contributed by atoms with Crippen LogP contribution in [-0.4, -0.2) is 19.2 Å². The van der Waals surface area contributed by atoms with Gasteiger partial charge in [0.1, 0.15) is 0 Å². The highest BCUT2D eigenvalue weighted by atomic mass is 79.9. The summed E-state index contributed by atoms with van der Waals surface area (Å²) in [5.41, 5.74) is 1.21. The Labute approximate surface area is 107 Å². The fraction of sp³-hybridized carbons (Fsp3) is 0.538. The van der Waals surface area contributed by atoms with Crippen molar-refractivity contribution in [3.05, 3.63) is 34.3 Å². The van der Waals surface area contributed by atoms with E-state index in [2.05, 4.69) is 54.2 Å². The molecule has 1 aromatic carbocycles. The minimum absolute atomic E-state index is 0.107. The lowest BCUT2D eigenvalue weighted by atomic mass is 10.1. The van der Waals surface area contributed by atoms with Crippen molar-refractivity contribution in [2.24, 2.45) is 0 Å². The molecular formula is C13H20BrNO. The number of nitrogens with one attached hydrogen (secondary N) is 1. The van der Waals surface area contributed by atoms with Crippen LogP contribution in [0.3, 0.4) is 0 Å². The second-order valence-corrected chi connectivity index (χ2v) is 4.86. The maximum absolute atomic E-state index is 5.93. The third kappa shape index (κ3) is 4.24. The Bertz CT molecular complexity index is 315. The van der Waals surface area contributed by atoms with Gasteiger partial charge in [-0.25, -0.2) is 0 Å². The van der Waals surface area contributed by atoms with Crippen molar-refractivity contribution in [2.45, 2.75) is 33.0 Å². The van der Waals surface area contributed by atoms with Gasteiger partial charge < -0.3 is 10.1 Å². The first-order valence-corrected chi connectivity index (χ1v) is 6.55. The van der Waals surface area contributed by atoms with Crippen LogP contribution >= 0.6 is 15.9 Å². The van der Waals surface area contributed by atoms with Crippen LogP contribution in [0.2, 0.25) is 0 Å². The average Bonchev–Trinajstić information content (AvgIpc) is 2.24. The zero-order valence-corrected chi connectivity index (χ0v) is 11.8. The van der Waals surface area contributed by atoms with Gasteiger partial charge in [0.05, 0.1) is 12.2 Å². The number of halogens is 1. The molecule has 1 N–H and O–H groups in total. The third-order valence-corrected chi connectivity index (χ3v) is 2.99. The van der Waals surface area contributed by atoms with Crippen molar-refractivity contribution < 1.29 is 4.74 Å². The molecule has 0 spiro atoms. The summed E-state index contributed by atoms with van der Waals surface area (Å²) in [6.45, 7) is 8.04. The molecule has 16 heavy (non-hydrogen) atoms. The maximum Gasteiger partial charge on any atom is 0.0963 e. The Morgan fingerprint density at radius 3 is 2.56 bits per heavy atom. The molecule has 1 unspecified atom stereocenters. The molecule has 0 radical (unpaired) electrons. The number of likely N-dealkylation sites (N-methyl/N-ethyl adjacent to an activating group) is 1. The second kappa shape index (κ2) is 7.05. The van der Waals surface area contributed by atoms with Crippen LogP contribution < -0.4 is 5.32 Å². The Balaban J connectivity index is 2.78. The van der Waals surface area contributed by atoms with Crippen LogP contribution in [0.25, 0.3) is 0 Å². The van der Waals surface area contributed by atoms with Gasteiger partial charge in [-0.3, -0.25) is 0 Å². The van der Waals surface area contributed by atoms with Crippen LogP contribution in [0, 0.1) is 0 Å². The number of ether oxygens (including phenoxy) is 1. The highest BCUT2D eigenvalue weighted by Gasteiger charge is 2.15. The molecule has 90 valence electrons. The number of benzene rings is 1. The molecule has 0 aliphatic carbocycles. The second-order valence-electron chi connectivity index (χ2n) is 4.00. The van der Waals surface area contributed by atoms with Crippen LogP contribution in [0.5, 0.6) is 0 Å². The fourth-order valence-electron chi connectivity index (χ4n) is 1.57. The molecule has 3 heteroatoms. The van der Waals surface area contributed by atoms with E-state index in [-0.39, 0.29) is 12.2 Å². The quantitative estimate of drug-likeness (QED) is 0.864. The molecule has 0 aliphatic heterocycles. The molecule has 0 amide bonds. The van der Waals surface area contributed by atoms with Crippen LogP contribution in [0.15, 0.2) is 28.7 Å². The van der Waals surface area contributed by atoms with Crippen molar-refractivity contribution in [1.82, 2.24) is 5.32 Å². The molecule has 2 nitrogen and oxygen atoms in total. The van der Waals surface area contributed by atoms with Crippen LogP contribution in [0.1, 0.15) is 32.4 Å². The van der Waals surface area contributed by atoms with E-state index in [1.165, 1.54) is 5.56 Å². The lowest BCUT2D eigenvalue weighted by Crippen LogP contribution is -2.25. The predicted molar refractivity (Wildman–Crippen MR) is 71.6 cm³/mol. The topological polar surface area (TPSA) is 21.3 Å². The van der Waals surface area contributed by atoms with E-state index < -0.39 is 0 Å². The SMILES string of the molecule is CCNCC(OC(C)C)c1ccccc1Br. The molecule has 0 bridgehead atoms. The van der Waals surface area contributed by atoms with Gasteiger partial charge in [-0.05, 0) is 32.0 Å². The van der Waals surface area contributed by atoms with E-state index in [1.807, 2.05) is 12.1 Å². The molecule has 0 saturated heterocycles. The fourth-order valence-corrected chi connectivity index (χ4v) is 2.11. The molecular weight excluding hydrogens is 266 g/mol. The summed E-state index contributed by atoms with van der Waals surface area (Å²) in [6, 6.07) is 8.22. The predicted octanol–water partition coefficient (Wildman–Crippen LogP) is 3.52. The Kier molecular flexibility index (Phi) is 6.03. The highest BCUT2D eigenvalue weighted by molar-refractivity contribution is 9.10. The van der Waals surface area contributed by atoms with Crippen molar-refractivity contribution in [2.75, 3.05) is 13.1 Å². The monoisotopic (exact) mass is 285 g/mol.